The van der Waals surface area contributed by atoms with Crippen molar-refractivity contribution in [2.75, 3.05) is 30.9 Å². The van der Waals surface area contributed by atoms with E-state index in [1.807, 2.05) is 18.2 Å². The Labute approximate surface area is 164 Å². The lowest BCUT2D eigenvalue weighted by atomic mass is 9.98. The third-order valence-corrected chi connectivity index (χ3v) is 4.59. The van der Waals surface area contributed by atoms with E-state index in [0.717, 1.165) is 12.0 Å². The van der Waals surface area contributed by atoms with Crippen LogP contribution in [0.1, 0.15) is 30.6 Å². The first-order chi connectivity index (χ1) is 13.6. The maximum atomic E-state index is 12.3. The Bertz CT molecular complexity index is 853. The highest BCUT2D eigenvalue weighted by Crippen LogP contribution is 2.28. The molecule has 1 unspecified atom stereocenters. The number of hydrogen-bond acceptors (Lipinski definition) is 4. The number of anilines is 2. The van der Waals surface area contributed by atoms with Gasteiger partial charge in [-0.15, -0.1) is 0 Å². The number of rotatable bonds is 6. The van der Waals surface area contributed by atoms with E-state index in [0.29, 0.717) is 36.7 Å². The summed E-state index contributed by atoms with van der Waals surface area (Å²) >= 11 is 0. The summed E-state index contributed by atoms with van der Waals surface area (Å²) in [7, 11) is 1.53. The molecule has 0 spiro atoms. The van der Waals surface area contributed by atoms with Gasteiger partial charge < -0.3 is 25.4 Å². The molecule has 2 aromatic carbocycles. The fourth-order valence-corrected chi connectivity index (χ4v) is 3.13. The molecule has 0 aliphatic carbocycles. The number of urea groups is 1. The molecule has 3 rings (SSSR count). The van der Waals surface area contributed by atoms with Crippen LogP contribution in [0.4, 0.5) is 16.2 Å². The van der Waals surface area contributed by atoms with Gasteiger partial charge in [0.05, 0.1) is 19.4 Å². The van der Waals surface area contributed by atoms with E-state index in [1.54, 1.807) is 25.1 Å². The van der Waals surface area contributed by atoms with Crippen molar-refractivity contribution in [1.29, 1.82) is 0 Å². The lowest BCUT2D eigenvalue weighted by Crippen LogP contribution is -2.34. The molecule has 148 valence electrons. The van der Waals surface area contributed by atoms with Crippen LogP contribution in [0, 0.1) is 0 Å². The van der Waals surface area contributed by atoms with Crippen LogP contribution < -0.4 is 20.7 Å². The number of ether oxygens (including phenoxy) is 2. The van der Waals surface area contributed by atoms with Gasteiger partial charge in [-0.1, -0.05) is 31.2 Å². The molecule has 1 heterocycles. The first kappa shape index (κ1) is 19.7. The quantitative estimate of drug-likeness (QED) is 0.713. The van der Waals surface area contributed by atoms with Crippen LogP contribution in [0.15, 0.2) is 42.5 Å². The monoisotopic (exact) mass is 383 g/mol. The fourth-order valence-electron chi connectivity index (χ4n) is 3.13. The fraction of sp³-hybridized carbons (Fsp3) is 0.333. The second kappa shape index (κ2) is 9.23. The van der Waals surface area contributed by atoms with Gasteiger partial charge in [-0.05, 0) is 35.7 Å². The van der Waals surface area contributed by atoms with Crippen LogP contribution in [-0.4, -0.2) is 32.2 Å². The minimum atomic E-state index is -0.343. The molecule has 1 atom stereocenters. The van der Waals surface area contributed by atoms with Gasteiger partial charge in [0.1, 0.15) is 11.9 Å². The summed E-state index contributed by atoms with van der Waals surface area (Å²) in [4.78, 5) is 24.0. The third-order valence-electron chi connectivity index (χ3n) is 4.59. The van der Waals surface area contributed by atoms with Gasteiger partial charge in [0.2, 0.25) is 5.91 Å². The largest absolute Gasteiger partial charge is 0.495 e. The van der Waals surface area contributed by atoms with Gasteiger partial charge >= 0.3 is 6.03 Å². The van der Waals surface area contributed by atoms with Gasteiger partial charge in [0.15, 0.2) is 0 Å². The Balaban J connectivity index is 1.61. The Morgan fingerprint density at radius 3 is 2.79 bits per heavy atom. The Hall–Kier alpha value is -3.06. The van der Waals surface area contributed by atoms with Crippen LogP contribution >= 0.6 is 0 Å². The second-order valence-corrected chi connectivity index (χ2v) is 6.46. The molecule has 0 radical (unpaired) electrons. The van der Waals surface area contributed by atoms with Crippen LogP contribution in [0.25, 0.3) is 0 Å². The molecule has 2 aromatic rings. The highest BCUT2D eigenvalue weighted by molar-refractivity contribution is 5.94. The molecule has 28 heavy (non-hydrogen) atoms. The molecule has 0 saturated carbocycles. The van der Waals surface area contributed by atoms with Gasteiger partial charge in [-0.2, -0.15) is 0 Å². The van der Waals surface area contributed by atoms with Crippen LogP contribution in [0.2, 0.25) is 0 Å². The second-order valence-electron chi connectivity index (χ2n) is 6.46. The average molecular weight is 383 g/mol. The Morgan fingerprint density at radius 2 is 2.00 bits per heavy atom. The predicted octanol–water partition coefficient (Wildman–Crippen LogP) is 3.48. The van der Waals surface area contributed by atoms with Crippen LogP contribution in [0.5, 0.6) is 5.75 Å². The third kappa shape index (κ3) is 4.80. The minimum absolute atomic E-state index is 0.131. The lowest BCUT2D eigenvalue weighted by Gasteiger charge is -2.26. The number of benzene rings is 2. The molecular formula is C21H25N3O4. The van der Waals surface area contributed by atoms with E-state index >= 15 is 0 Å². The summed E-state index contributed by atoms with van der Waals surface area (Å²) in [5, 5.41) is 8.39. The summed E-state index contributed by atoms with van der Waals surface area (Å²) in [5.74, 6) is 0.396. The molecule has 0 aromatic heterocycles. The van der Waals surface area contributed by atoms with Gasteiger partial charge in [-0.25, -0.2) is 4.79 Å². The van der Waals surface area contributed by atoms with Crippen molar-refractivity contribution in [3.05, 3.63) is 53.6 Å². The average Bonchev–Trinajstić information content (AvgIpc) is 2.72. The predicted molar refractivity (Wildman–Crippen MR) is 108 cm³/mol. The van der Waals surface area contributed by atoms with E-state index in [-0.39, 0.29) is 18.0 Å². The van der Waals surface area contributed by atoms with Crippen molar-refractivity contribution in [1.82, 2.24) is 5.32 Å². The summed E-state index contributed by atoms with van der Waals surface area (Å²) in [6.07, 6.45) is 1.08. The lowest BCUT2D eigenvalue weighted by molar-refractivity contribution is -0.115. The Morgan fingerprint density at radius 1 is 1.18 bits per heavy atom. The molecule has 3 N–H and O–H groups in total. The number of fused-ring (bicyclic) bond motifs is 1. The number of nitrogens with one attached hydrogen (secondary N) is 3. The van der Waals surface area contributed by atoms with E-state index in [4.69, 9.17) is 9.47 Å². The van der Waals surface area contributed by atoms with Crippen molar-refractivity contribution < 1.29 is 19.1 Å². The van der Waals surface area contributed by atoms with Crippen molar-refractivity contribution in [3.8, 4) is 5.75 Å². The molecule has 0 bridgehead atoms. The molecule has 7 nitrogen and oxygen atoms in total. The van der Waals surface area contributed by atoms with Crippen molar-refractivity contribution in [2.24, 2.45) is 0 Å². The zero-order valence-corrected chi connectivity index (χ0v) is 16.1. The number of carbonyl (C=O) groups excluding carboxylic acids is 2. The molecule has 1 aliphatic rings. The minimum Gasteiger partial charge on any atom is -0.495 e. The van der Waals surface area contributed by atoms with Gasteiger partial charge in [0.25, 0.3) is 0 Å². The molecule has 1 aliphatic heterocycles. The molecule has 7 heteroatoms. The molecular weight excluding hydrogens is 358 g/mol. The smallest absolute Gasteiger partial charge is 0.319 e. The van der Waals surface area contributed by atoms with Gasteiger partial charge in [-0.3, -0.25) is 4.79 Å². The zero-order valence-electron chi connectivity index (χ0n) is 16.1. The maximum Gasteiger partial charge on any atom is 0.319 e. The first-order valence-corrected chi connectivity index (χ1v) is 9.33. The normalized spacial score (nSPS) is 15.3. The molecule has 0 fully saturated rings. The van der Waals surface area contributed by atoms with Crippen LogP contribution in [0.3, 0.4) is 0 Å². The SMILES string of the molecule is CCC(=O)Nc1cc(NC(=O)NCC2OCCc3ccccc32)ccc1OC. The zero-order chi connectivity index (χ0) is 19.9. The molecule has 3 amide bonds. The molecule has 0 saturated heterocycles. The summed E-state index contributed by atoms with van der Waals surface area (Å²) in [6.45, 7) is 2.78. The van der Waals surface area contributed by atoms with Crippen LogP contribution in [-0.2, 0) is 16.0 Å². The Kier molecular flexibility index (Phi) is 6.49. The maximum absolute atomic E-state index is 12.3. The van der Waals surface area contributed by atoms with Gasteiger partial charge in [0, 0.05) is 18.7 Å². The van der Waals surface area contributed by atoms with E-state index in [1.165, 1.54) is 12.7 Å². The topological polar surface area (TPSA) is 88.7 Å². The highest BCUT2D eigenvalue weighted by atomic mass is 16.5. The number of hydrogen-bond donors (Lipinski definition) is 3. The standard InChI is InChI=1S/C21H25N3O4/c1-3-20(25)24-17-12-15(8-9-18(17)27-2)23-21(26)22-13-19-16-7-5-4-6-14(16)10-11-28-19/h4-9,12,19H,3,10-11,13H2,1-2H3,(H,24,25)(H2,22,23,26). The first-order valence-electron chi connectivity index (χ1n) is 9.33. The van der Waals surface area contributed by atoms with Crippen molar-refractivity contribution in [3.63, 3.8) is 0 Å². The summed E-state index contributed by atoms with van der Waals surface area (Å²) in [6, 6.07) is 12.8. The van der Waals surface area contributed by atoms with E-state index < -0.39 is 0 Å². The highest BCUT2D eigenvalue weighted by Gasteiger charge is 2.21. The number of amides is 3. The summed E-state index contributed by atoms with van der Waals surface area (Å²) in [5.41, 5.74) is 3.43. The summed E-state index contributed by atoms with van der Waals surface area (Å²) < 4.78 is 11.1. The number of carbonyl (C=O) groups is 2. The van der Waals surface area contributed by atoms with E-state index in [9.17, 15) is 9.59 Å². The van der Waals surface area contributed by atoms with E-state index in [2.05, 4.69) is 22.0 Å². The van der Waals surface area contributed by atoms with Crippen molar-refractivity contribution in [2.45, 2.75) is 25.9 Å². The number of methoxy groups -OCH3 is 1. The van der Waals surface area contributed by atoms with Crippen molar-refractivity contribution >= 4 is 23.3 Å².